The smallest absolute Gasteiger partial charge is 0.281 e. The van der Waals surface area contributed by atoms with Crippen LogP contribution in [-0.4, -0.2) is 69.1 Å². The number of carbonyl (C=O) groups is 1. The maximum absolute atomic E-state index is 16.9. The summed E-state index contributed by atoms with van der Waals surface area (Å²) < 4.78 is 18.5. The summed E-state index contributed by atoms with van der Waals surface area (Å²) >= 11 is 7.44. The first-order chi connectivity index (χ1) is 22.4. The summed E-state index contributed by atoms with van der Waals surface area (Å²) in [5, 5.41) is 0.637. The number of likely N-dealkylation sites (N-methyl/N-ethyl adjacent to an activating group) is 1. The third kappa shape index (κ3) is 4.56. The molecule has 5 heterocycles. The van der Waals surface area contributed by atoms with Crippen LogP contribution in [0.25, 0.3) is 38.8 Å². The minimum Gasteiger partial charge on any atom is -0.366 e. The van der Waals surface area contributed by atoms with E-state index in [4.69, 9.17) is 16.6 Å². The van der Waals surface area contributed by atoms with Crippen molar-refractivity contribution in [1.29, 1.82) is 0 Å². The van der Waals surface area contributed by atoms with E-state index in [2.05, 4.69) is 21.4 Å². The fourth-order valence-electron chi connectivity index (χ4n) is 7.53. The van der Waals surface area contributed by atoms with E-state index in [9.17, 15) is 4.79 Å². The van der Waals surface area contributed by atoms with Gasteiger partial charge in [0.25, 0.3) is 5.56 Å². The lowest BCUT2D eigenvalue weighted by Gasteiger charge is -2.51. The molecule has 47 heavy (non-hydrogen) atoms. The number of carbonyl (C=O) groups excluding carboxylic acids is 1. The van der Waals surface area contributed by atoms with Crippen LogP contribution < -0.4 is 15.4 Å². The molecule has 1 fully saturated rings. The van der Waals surface area contributed by atoms with E-state index < -0.39 is 5.82 Å². The Morgan fingerprint density at radius 2 is 1.85 bits per heavy atom. The maximum atomic E-state index is 16.9. The Kier molecular flexibility index (Phi) is 7.39. The highest BCUT2D eigenvalue weighted by molar-refractivity contribution is 6.39. The van der Waals surface area contributed by atoms with Crippen LogP contribution in [0.5, 0.6) is 0 Å². The summed E-state index contributed by atoms with van der Waals surface area (Å²) in [4.78, 5) is 46.1. The zero-order valence-corrected chi connectivity index (χ0v) is 28.1. The number of hydrogen-bond donors (Lipinski definition) is 1. The summed E-state index contributed by atoms with van der Waals surface area (Å²) in [5.41, 5.74) is 6.33. The van der Waals surface area contributed by atoms with Crippen LogP contribution in [0.4, 0.5) is 15.8 Å². The quantitative estimate of drug-likeness (QED) is 0.223. The maximum Gasteiger partial charge on any atom is 0.281 e. The monoisotopic (exact) mass is 653 g/mol. The molecule has 1 amide bonds. The lowest BCUT2D eigenvalue weighted by molar-refractivity contribution is -0.128. The van der Waals surface area contributed by atoms with Crippen LogP contribution in [0.1, 0.15) is 43.5 Å². The van der Waals surface area contributed by atoms with E-state index in [-0.39, 0.29) is 40.1 Å². The molecule has 242 valence electrons. The van der Waals surface area contributed by atoms with Crippen molar-refractivity contribution in [3.8, 4) is 16.8 Å². The molecule has 0 spiro atoms. The van der Waals surface area contributed by atoms with Crippen molar-refractivity contribution in [2.45, 2.75) is 52.6 Å². The number of benzene rings is 2. The van der Waals surface area contributed by atoms with Gasteiger partial charge in [-0.2, -0.15) is 0 Å². The molecule has 2 aliphatic rings. The highest BCUT2D eigenvalue weighted by Gasteiger charge is 2.42. The summed E-state index contributed by atoms with van der Waals surface area (Å²) in [6.07, 6.45) is 4.66. The number of fused-ring (bicyclic) bond motifs is 6. The van der Waals surface area contributed by atoms with Crippen molar-refractivity contribution in [2.75, 3.05) is 36.5 Å². The number of aromatic nitrogens is 4. The van der Waals surface area contributed by atoms with Gasteiger partial charge >= 0.3 is 0 Å². The fourth-order valence-corrected chi connectivity index (χ4v) is 7.90. The number of nitrogens with one attached hydrogen (secondary N) is 1. The normalized spacial score (nSPS) is 17.9. The molecule has 7 rings (SSSR count). The molecule has 2 aromatic carbocycles. The molecule has 3 aromatic heterocycles. The number of hydrogen-bond acceptors (Lipinski definition) is 6. The molecular formula is C36H37ClFN7O2. The molecular weight excluding hydrogens is 617 g/mol. The molecule has 2 unspecified atom stereocenters. The van der Waals surface area contributed by atoms with Crippen molar-refractivity contribution in [2.24, 2.45) is 0 Å². The predicted molar refractivity (Wildman–Crippen MR) is 187 cm³/mol. The van der Waals surface area contributed by atoms with Gasteiger partial charge in [-0.15, -0.1) is 0 Å². The molecule has 2 aliphatic heterocycles. The van der Waals surface area contributed by atoms with Gasteiger partial charge in [-0.1, -0.05) is 38.1 Å². The average molecular weight is 654 g/mol. The Morgan fingerprint density at radius 1 is 1.09 bits per heavy atom. The van der Waals surface area contributed by atoms with E-state index in [1.807, 2.05) is 69.7 Å². The van der Waals surface area contributed by atoms with Crippen molar-refractivity contribution < 1.29 is 9.18 Å². The third-order valence-electron chi connectivity index (χ3n) is 9.73. The molecule has 0 aliphatic carbocycles. The van der Waals surface area contributed by atoms with Gasteiger partial charge in [-0.3, -0.25) is 19.1 Å². The Bertz CT molecular complexity index is 2190. The summed E-state index contributed by atoms with van der Waals surface area (Å²) in [6.45, 7) is 15.0. The SMILES string of the molecule is C=CC(=O)N1CC2CN(C)c3c(c4cc(F)c(-c5c(C)ccc6[nH]cnc56)c(Cl)c4n(-c4c(C)ccnc4C(C)C)c3=O)N2CC1C. The van der Waals surface area contributed by atoms with Crippen molar-refractivity contribution in [1.82, 2.24) is 24.4 Å². The minimum atomic E-state index is -0.515. The zero-order valence-electron chi connectivity index (χ0n) is 27.4. The number of imidazole rings is 1. The number of pyridine rings is 2. The van der Waals surface area contributed by atoms with Crippen LogP contribution in [0.3, 0.4) is 0 Å². The highest BCUT2D eigenvalue weighted by atomic mass is 35.5. The number of nitrogens with zero attached hydrogens (tertiary/aromatic N) is 6. The second kappa shape index (κ2) is 11.2. The number of H-pyrrole nitrogens is 1. The Morgan fingerprint density at radius 3 is 2.57 bits per heavy atom. The number of aromatic amines is 1. The lowest BCUT2D eigenvalue weighted by atomic mass is 9.94. The topological polar surface area (TPSA) is 90.4 Å². The fraction of sp³-hybridized carbons (Fsp3) is 0.333. The first-order valence-electron chi connectivity index (χ1n) is 15.8. The Labute approximate surface area is 277 Å². The van der Waals surface area contributed by atoms with E-state index in [0.29, 0.717) is 58.7 Å². The molecule has 2 atom stereocenters. The van der Waals surface area contributed by atoms with Gasteiger partial charge in [-0.25, -0.2) is 9.37 Å². The van der Waals surface area contributed by atoms with Crippen LogP contribution in [-0.2, 0) is 4.79 Å². The molecule has 0 saturated carbocycles. The van der Waals surface area contributed by atoms with Crippen molar-refractivity contribution >= 4 is 50.8 Å². The summed E-state index contributed by atoms with van der Waals surface area (Å²) in [5.74, 6) is -0.667. The third-order valence-corrected chi connectivity index (χ3v) is 10.1. The molecule has 1 N–H and O–H groups in total. The van der Waals surface area contributed by atoms with Gasteiger partial charge in [0.15, 0.2) is 0 Å². The van der Waals surface area contributed by atoms with Crippen LogP contribution >= 0.6 is 11.6 Å². The molecule has 0 bridgehead atoms. The van der Waals surface area contributed by atoms with Gasteiger partial charge in [-0.05, 0) is 62.1 Å². The van der Waals surface area contributed by atoms with Gasteiger partial charge < -0.3 is 19.7 Å². The first kappa shape index (κ1) is 30.9. The van der Waals surface area contributed by atoms with E-state index >= 15 is 9.18 Å². The molecule has 9 nitrogen and oxygen atoms in total. The van der Waals surface area contributed by atoms with Gasteiger partial charge in [0.05, 0.1) is 51.0 Å². The standard InChI is InChI=1S/C36H37ClFN7O2/c1-8-26(46)43-16-22-15-42(7)35-34(44(22)14-21(43)6)23-13-24(38)28(27-19(4)9-10-25-31(27)41-17-40-25)29(37)33(23)45(36(35)47)32-20(5)11-12-39-30(32)18(2)3/h8-13,17-18,21-22H,1,14-16H2,2-7H3,(H,40,41). The van der Waals surface area contributed by atoms with Gasteiger partial charge in [0.2, 0.25) is 5.91 Å². The highest BCUT2D eigenvalue weighted by Crippen LogP contribution is 2.47. The Hall–Kier alpha value is -4.70. The van der Waals surface area contributed by atoms with E-state index in [1.165, 1.54) is 12.1 Å². The van der Waals surface area contributed by atoms with Gasteiger partial charge in [0, 0.05) is 55.4 Å². The Balaban J connectivity index is 1.63. The van der Waals surface area contributed by atoms with E-state index in [0.717, 1.165) is 22.3 Å². The van der Waals surface area contributed by atoms with Crippen LogP contribution in [0, 0.1) is 19.7 Å². The second-order valence-corrected chi connectivity index (χ2v) is 13.5. The van der Waals surface area contributed by atoms with Crippen LogP contribution in [0.15, 0.2) is 54.2 Å². The molecule has 11 heteroatoms. The summed E-state index contributed by atoms with van der Waals surface area (Å²) in [6, 6.07) is 6.89. The number of halogens is 2. The van der Waals surface area contributed by atoms with Crippen molar-refractivity contribution in [3.63, 3.8) is 0 Å². The molecule has 0 radical (unpaired) electrons. The van der Waals surface area contributed by atoms with Crippen molar-refractivity contribution in [3.05, 3.63) is 87.5 Å². The number of anilines is 2. The number of aryl methyl sites for hydroxylation is 2. The zero-order chi connectivity index (χ0) is 33.5. The molecule has 1 saturated heterocycles. The number of piperazine rings is 1. The largest absolute Gasteiger partial charge is 0.366 e. The average Bonchev–Trinajstić information content (AvgIpc) is 3.51. The lowest BCUT2D eigenvalue weighted by Crippen LogP contribution is -2.64. The van der Waals surface area contributed by atoms with Crippen LogP contribution in [0.2, 0.25) is 5.02 Å². The number of rotatable bonds is 4. The van der Waals surface area contributed by atoms with Gasteiger partial charge in [0.1, 0.15) is 11.5 Å². The van der Waals surface area contributed by atoms with E-state index in [1.54, 1.807) is 17.1 Å². The predicted octanol–water partition coefficient (Wildman–Crippen LogP) is 6.50. The minimum absolute atomic E-state index is 0.0138. The summed E-state index contributed by atoms with van der Waals surface area (Å²) in [7, 11) is 1.87. The molecule has 5 aromatic rings. The first-order valence-corrected chi connectivity index (χ1v) is 16.2. The second-order valence-electron chi connectivity index (χ2n) is 13.1. The number of amides is 1.